The summed E-state index contributed by atoms with van der Waals surface area (Å²) in [6.45, 7) is 12.5. The van der Waals surface area contributed by atoms with Crippen molar-refractivity contribution in [3.05, 3.63) is 0 Å². The molecular weight excluding hydrogens is 208 g/mol. The fraction of sp³-hybridized carbons (Fsp3) is 1.00. The van der Waals surface area contributed by atoms with Gasteiger partial charge in [-0.25, -0.2) is 0 Å². The summed E-state index contributed by atoms with van der Waals surface area (Å²) in [6, 6.07) is 0.631. The van der Waals surface area contributed by atoms with Gasteiger partial charge in [0.15, 0.2) is 0 Å². The first-order chi connectivity index (χ1) is 7.73. The van der Waals surface area contributed by atoms with E-state index in [0.717, 1.165) is 6.54 Å². The second-order valence-corrected chi connectivity index (χ2v) is 7.65. The lowest BCUT2D eigenvalue weighted by molar-refractivity contribution is 0.172. The van der Waals surface area contributed by atoms with Crippen molar-refractivity contribution >= 4 is 0 Å². The first kappa shape index (κ1) is 15.0. The number of hydrogen-bond donors (Lipinski definition) is 2. The summed E-state index contributed by atoms with van der Waals surface area (Å²) in [7, 11) is 0. The quantitative estimate of drug-likeness (QED) is 0.791. The van der Waals surface area contributed by atoms with Crippen LogP contribution in [0.2, 0.25) is 0 Å². The molecule has 2 unspecified atom stereocenters. The fourth-order valence-corrected chi connectivity index (χ4v) is 3.56. The molecule has 0 bridgehead atoms. The van der Waals surface area contributed by atoms with Crippen LogP contribution in [0.4, 0.5) is 0 Å². The van der Waals surface area contributed by atoms with Crippen LogP contribution in [0, 0.1) is 11.3 Å². The predicted octanol–water partition coefficient (Wildman–Crippen LogP) is 3.31. The normalized spacial score (nSPS) is 27.2. The van der Waals surface area contributed by atoms with Gasteiger partial charge in [-0.3, -0.25) is 0 Å². The minimum atomic E-state index is 0.216. The second kappa shape index (κ2) is 5.71. The molecule has 1 saturated carbocycles. The first-order valence-electron chi connectivity index (χ1n) is 7.21. The van der Waals surface area contributed by atoms with Gasteiger partial charge in [-0.15, -0.1) is 0 Å². The Labute approximate surface area is 108 Å². The predicted molar refractivity (Wildman–Crippen MR) is 76.1 cm³/mol. The van der Waals surface area contributed by atoms with Crippen molar-refractivity contribution in [3.63, 3.8) is 0 Å². The Morgan fingerprint density at radius 1 is 1.06 bits per heavy atom. The molecule has 1 rings (SSSR count). The molecule has 0 aromatic carbocycles. The maximum Gasteiger partial charge on any atom is 0.0132 e. The summed E-state index contributed by atoms with van der Waals surface area (Å²) in [6.07, 6.45) is 6.53. The van der Waals surface area contributed by atoms with Crippen LogP contribution in [-0.4, -0.2) is 18.1 Å². The Kier molecular flexibility index (Phi) is 5.03. The molecule has 2 nitrogen and oxygen atoms in total. The van der Waals surface area contributed by atoms with Crippen molar-refractivity contribution in [1.82, 2.24) is 5.32 Å². The van der Waals surface area contributed by atoms with Crippen LogP contribution in [0.25, 0.3) is 0 Å². The highest BCUT2D eigenvalue weighted by molar-refractivity contribution is 4.90. The summed E-state index contributed by atoms with van der Waals surface area (Å²) < 4.78 is 0. The summed E-state index contributed by atoms with van der Waals surface area (Å²) in [4.78, 5) is 0. The molecule has 1 aliphatic rings. The number of nitrogens with one attached hydrogen (secondary N) is 1. The zero-order valence-corrected chi connectivity index (χ0v) is 12.5. The fourth-order valence-electron chi connectivity index (χ4n) is 3.56. The van der Waals surface area contributed by atoms with Crippen molar-refractivity contribution in [3.8, 4) is 0 Å². The minimum Gasteiger partial charge on any atom is -0.330 e. The van der Waals surface area contributed by atoms with Gasteiger partial charge in [0, 0.05) is 11.6 Å². The third-order valence-electron chi connectivity index (χ3n) is 3.76. The summed E-state index contributed by atoms with van der Waals surface area (Å²) in [5, 5.41) is 3.87. The largest absolute Gasteiger partial charge is 0.330 e. The van der Waals surface area contributed by atoms with E-state index in [1.165, 1.54) is 32.1 Å². The zero-order chi connectivity index (χ0) is 13.1. The van der Waals surface area contributed by atoms with E-state index in [2.05, 4.69) is 39.9 Å². The van der Waals surface area contributed by atoms with Crippen molar-refractivity contribution in [2.75, 3.05) is 6.54 Å². The van der Waals surface area contributed by atoms with Crippen LogP contribution in [0.3, 0.4) is 0 Å². The molecule has 3 N–H and O–H groups in total. The Hall–Kier alpha value is -0.0800. The molecule has 1 aliphatic carbocycles. The molecule has 102 valence electrons. The smallest absolute Gasteiger partial charge is 0.0132 e. The Balaban J connectivity index is 2.55. The molecule has 0 radical (unpaired) electrons. The van der Waals surface area contributed by atoms with Crippen LogP contribution in [-0.2, 0) is 0 Å². The molecular formula is C15H32N2. The van der Waals surface area contributed by atoms with Crippen LogP contribution >= 0.6 is 0 Å². The van der Waals surface area contributed by atoms with E-state index in [9.17, 15) is 0 Å². The number of nitrogens with two attached hydrogens (primary N) is 1. The highest BCUT2D eigenvalue weighted by atomic mass is 15.0. The number of hydrogen-bond acceptors (Lipinski definition) is 2. The molecule has 0 spiro atoms. The number of rotatable bonds is 4. The highest BCUT2D eigenvalue weighted by Gasteiger charge is 2.31. The lowest BCUT2D eigenvalue weighted by Crippen LogP contribution is -2.52. The third kappa shape index (κ3) is 5.39. The molecule has 2 atom stereocenters. The Morgan fingerprint density at radius 2 is 1.65 bits per heavy atom. The molecule has 0 saturated heterocycles. The van der Waals surface area contributed by atoms with Gasteiger partial charge in [0.25, 0.3) is 0 Å². The maximum atomic E-state index is 5.90. The molecule has 0 aromatic heterocycles. The van der Waals surface area contributed by atoms with Crippen LogP contribution in [0.5, 0.6) is 0 Å². The highest BCUT2D eigenvalue weighted by Crippen LogP contribution is 2.30. The van der Waals surface area contributed by atoms with E-state index in [-0.39, 0.29) is 5.54 Å². The molecule has 0 heterocycles. The lowest BCUT2D eigenvalue weighted by atomic mass is 9.78. The summed E-state index contributed by atoms with van der Waals surface area (Å²) >= 11 is 0. The monoisotopic (exact) mass is 240 g/mol. The van der Waals surface area contributed by atoms with E-state index in [4.69, 9.17) is 5.73 Å². The van der Waals surface area contributed by atoms with Crippen LogP contribution in [0.15, 0.2) is 0 Å². The average molecular weight is 240 g/mol. The second-order valence-electron chi connectivity index (χ2n) is 7.65. The van der Waals surface area contributed by atoms with E-state index >= 15 is 0 Å². The van der Waals surface area contributed by atoms with Gasteiger partial charge >= 0.3 is 0 Å². The van der Waals surface area contributed by atoms with E-state index in [1.54, 1.807) is 0 Å². The summed E-state index contributed by atoms with van der Waals surface area (Å²) in [5.74, 6) is 0.683. The van der Waals surface area contributed by atoms with Gasteiger partial charge in [0.2, 0.25) is 0 Å². The average Bonchev–Trinajstić information content (AvgIpc) is 2.14. The topological polar surface area (TPSA) is 38.0 Å². The van der Waals surface area contributed by atoms with Gasteiger partial charge in [-0.2, -0.15) is 0 Å². The molecule has 2 heteroatoms. The van der Waals surface area contributed by atoms with E-state index in [1.807, 2.05) is 0 Å². The van der Waals surface area contributed by atoms with Gasteiger partial charge < -0.3 is 11.1 Å². The minimum absolute atomic E-state index is 0.216. The van der Waals surface area contributed by atoms with Gasteiger partial charge in [0.1, 0.15) is 0 Å². The molecule has 0 amide bonds. The van der Waals surface area contributed by atoms with Crippen molar-refractivity contribution in [2.45, 2.75) is 78.3 Å². The standard InChI is InChI=1S/C15H32N2/c1-14(2,3)11-15(4,5)17-13-9-7-6-8-12(13)10-16/h12-13,17H,6-11,16H2,1-5H3. The van der Waals surface area contributed by atoms with E-state index < -0.39 is 0 Å². The molecule has 0 aliphatic heterocycles. The molecule has 0 aromatic rings. The van der Waals surface area contributed by atoms with Gasteiger partial charge in [-0.05, 0) is 51.0 Å². The summed E-state index contributed by atoms with van der Waals surface area (Å²) in [5.41, 5.74) is 6.49. The van der Waals surface area contributed by atoms with Gasteiger partial charge in [-0.1, -0.05) is 33.6 Å². The first-order valence-corrected chi connectivity index (χ1v) is 7.21. The maximum absolute atomic E-state index is 5.90. The van der Waals surface area contributed by atoms with Gasteiger partial charge in [0.05, 0.1) is 0 Å². The Morgan fingerprint density at radius 3 is 2.18 bits per heavy atom. The SMILES string of the molecule is CC(C)(C)CC(C)(C)NC1CCCCC1CN. The van der Waals surface area contributed by atoms with Crippen molar-refractivity contribution in [1.29, 1.82) is 0 Å². The zero-order valence-electron chi connectivity index (χ0n) is 12.5. The van der Waals surface area contributed by atoms with E-state index in [0.29, 0.717) is 17.4 Å². The molecule has 1 fully saturated rings. The Bertz CT molecular complexity index is 228. The molecule has 17 heavy (non-hydrogen) atoms. The third-order valence-corrected chi connectivity index (χ3v) is 3.76. The van der Waals surface area contributed by atoms with Crippen LogP contribution in [0.1, 0.15) is 66.7 Å². The van der Waals surface area contributed by atoms with Crippen molar-refractivity contribution < 1.29 is 0 Å². The van der Waals surface area contributed by atoms with Crippen LogP contribution < -0.4 is 11.1 Å². The van der Waals surface area contributed by atoms with Crippen molar-refractivity contribution in [2.24, 2.45) is 17.1 Å². The lowest BCUT2D eigenvalue weighted by Gasteiger charge is -2.41.